The number of methoxy groups -OCH3 is 2. The molecule has 0 amide bonds. The Labute approximate surface area is 124 Å². The van der Waals surface area contributed by atoms with Crippen LogP contribution in [0.5, 0.6) is 0 Å². The van der Waals surface area contributed by atoms with Gasteiger partial charge in [-0.05, 0) is 5.56 Å². The predicted octanol–water partition coefficient (Wildman–Crippen LogP) is 0.649. The van der Waals surface area contributed by atoms with Crippen LogP contribution in [0.3, 0.4) is 0 Å². The van der Waals surface area contributed by atoms with Crippen molar-refractivity contribution in [1.82, 2.24) is 9.80 Å². The molecule has 0 spiro atoms. The van der Waals surface area contributed by atoms with Crippen molar-refractivity contribution in [2.24, 2.45) is 0 Å². The van der Waals surface area contributed by atoms with E-state index in [2.05, 4.69) is 0 Å². The van der Waals surface area contributed by atoms with Crippen molar-refractivity contribution in [1.29, 1.82) is 0 Å². The number of rotatable bonds is 5. The molecular weight excluding hydrogens is 272 g/mol. The maximum absolute atomic E-state index is 11.6. The fourth-order valence-corrected chi connectivity index (χ4v) is 2.57. The number of hydrogen-bond acceptors (Lipinski definition) is 6. The minimum atomic E-state index is -0.282. The van der Waals surface area contributed by atoms with E-state index in [-0.39, 0.29) is 31.2 Å². The molecule has 21 heavy (non-hydrogen) atoms. The Kier molecular flexibility index (Phi) is 5.30. The number of benzene rings is 1. The lowest BCUT2D eigenvalue weighted by molar-refractivity contribution is -0.143. The molecule has 0 atom stereocenters. The van der Waals surface area contributed by atoms with Gasteiger partial charge in [0.1, 0.15) is 0 Å². The third-order valence-corrected chi connectivity index (χ3v) is 3.58. The Morgan fingerprint density at radius 3 is 1.90 bits per heavy atom. The molecule has 1 aromatic carbocycles. The van der Waals surface area contributed by atoms with E-state index in [9.17, 15) is 9.59 Å². The minimum Gasteiger partial charge on any atom is -0.468 e. The average molecular weight is 292 g/mol. The van der Waals surface area contributed by atoms with Gasteiger partial charge in [-0.25, -0.2) is 0 Å². The van der Waals surface area contributed by atoms with Crippen LogP contribution in [0, 0.1) is 0 Å². The normalized spacial score (nSPS) is 16.9. The van der Waals surface area contributed by atoms with Gasteiger partial charge in [0.15, 0.2) is 0 Å². The van der Waals surface area contributed by atoms with E-state index in [1.54, 1.807) is 0 Å². The molecule has 2 rings (SSSR count). The summed E-state index contributed by atoms with van der Waals surface area (Å²) >= 11 is 0. The summed E-state index contributed by atoms with van der Waals surface area (Å²) in [4.78, 5) is 27.1. The highest BCUT2D eigenvalue weighted by Crippen LogP contribution is 2.29. The molecule has 0 aromatic heterocycles. The van der Waals surface area contributed by atoms with Crippen molar-refractivity contribution >= 4 is 11.9 Å². The first-order valence-electron chi connectivity index (χ1n) is 6.82. The molecule has 0 aliphatic carbocycles. The maximum Gasteiger partial charge on any atom is 0.319 e. The molecule has 0 bridgehead atoms. The number of ether oxygens (including phenoxy) is 2. The highest BCUT2D eigenvalue weighted by Gasteiger charge is 2.35. The van der Waals surface area contributed by atoms with Gasteiger partial charge >= 0.3 is 11.9 Å². The number of esters is 2. The molecule has 0 N–H and O–H groups in total. The van der Waals surface area contributed by atoms with Crippen molar-refractivity contribution in [3.8, 4) is 0 Å². The summed E-state index contributed by atoms with van der Waals surface area (Å²) in [7, 11) is 2.75. The second kappa shape index (κ2) is 7.19. The van der Waals surface area contributed by atoms with Gasteiger partial charge in [0.25, 0.3) is 0 Å². The van der Waals surface area contributed by atoms with Gasteiger partial charge in [-0.3, -0.25) is 19.4 Å². The molecule has 6 heteroatoms. The van der Waals surface area contributed by atoms with Crippen molar-refractivity contribution in [2.45, 2.75) is 6.17 Å². The number of nitrogens with zero attached hydrogens (tertiary/aromatic N) is 2. The second-order valence-electron chi connectivity index (χ2n) is 4.88. The highest BCUT2D eigenvalue weighted by molar-refractivity contribution is 5.72. The third-order valence-electron chi connectivity index (χ3n) is 3.58. The zero-order valence-corrected chi connectivity index (χ0v) is 12.3. The average Bonchev–Trinajstić information content (AvgIpc) is 2.90. The van der Waals surface area contributed by atoms with Crippen molar-refractivity contribution in [2.75, 3.05) is 40.4 Å². The van der Waals surface area contributed by atoms with Gasteiger partial charge in [-0.1, -0.05) is 30.3 Å². The minimum absolute atomic E-state index is 0.121. The monoisotopic (exact) mass is 292 g/mol. The molecule has 0 saturated carbocycles. The van der Waals surface area contributed by atoms with Crippen molar-refractivity contribution in [3.63, 3.8) is 0 Å². The van der Waals surface area contributed by atoms with E-state index in [0.29, 0.717) is 13.1 Å². The van der Waals surface area contributed by atoms with Crippen LogP contribution in [0.25, 0.3) is 0 Å². The molecule has 0 unspecified atom stereocenters. The molecule has 1 aliphatic heterocycles. The summed E-state index contributed by atoms with van der Waals surface area (Å²) in [6.45, 7) is 1.80. The molecule has 1 aliphatic rings. The van der Waals surface area contributed by atoms with E-state index < -0.39 is 0 Å². The van der Waals surface area contributed by atoms with Crippen molar-refractivity contribution in [3.05, 3.63) is 35.9 Å². The first kappa shape index (κ1) is 15.5. The maximum atomic E-state index is 11.6. The van der Waals surface area contributed by atoms with Gasteiger partial charge in [0.2, 0.25) is 0 Å². The zero-order chi connectivity index (χ0) is 15.2. The van der Waals surface area contributed by atoms with Crippen LogP contribution < -0.4 is 0 Å². The Hall–Kier alpha value is -1.92. The van der Waals surface area contributed by atoms with E-state index in [0.717, 1.165) is 5.56 Å². The van der Waals surface area contributed by atoms with E-state index in [4.69, 9.17) is 9.47 Å². The van der Waals surface area contributed by atoms with Gasteiger partial charge in [-0.15, -0.1) is 0 Å². The Morgan fingerprint density at radius 2 is 1.48 bits per heavy atom. The predicted molar refractivity (Wildman–Crippen MR) is 76.4 cm³/mol. The lowest BCUT2D eigenvalue weighted by atomic mass is 10.1. The first-order valence-corrected chi connectivity index (χ1v) is 6.82. The molecule has 1 heterocycles. The third kappa shape index (κ3) is 3.80. The van der Waals surface area contributed by atoms with E-state index >= 15 is 0 Å². The van der Waals surface area contributed by atoms with Crippen LogP contribution in [0.2, 0.25) is 0 Å². The van der Waals surface area contributed by atoms with Gasteiger partial charge < -0.3 is 9.47 Å². The molecule has 114 valence electrons. The lowest BCUT2D eigenvalue weighted by Gasteiger charge is -2.29. The zero-order valence-electron chi connectivity index (χ0n) is 12.3. The second-order valence-corrected chi connectivity index (χ2v) is 4.88. The largest absolute Gasteiger partial charge is 0.468 e. The Morgan fingerprint density at radius 1 is 1.00 bits per heavy atom. The Bertz CT molecular complexity index is 466. The number of carbonyl (C=O) groups excluding carboxylic acids is 2. The number of hydrogen-bond donors (Lipinski definition) is 0. The summed E-state index contributed by atoms with van der Waals surface area (Å²) in [5, 5.41) is 0. The smallest absolute Gasteiger partial charge is 0.319 e. The quantitative estimate of drug-likeness (QED) is 0.743. The molecule has 1 saturated heterocycles. The molecular formula is C15H20N2O4. The molecule has 0 radical (unpaired) electrons. The van der Waals surface area contributed by atoms with Crippen LogP contribution in [-0.2, 0) is 19.1 Å². The van der Waals surface area contributed by atoms with Crippen molar-refractivity contribution < 1.29 is 19.1 Å². The van der Waals surface area contributed by atoms with Crippen LogP contribution in [0.15, 0.2) is 30.3 Å². The lowest BCUT2D eigenvalue weighted by Crippen LogP contribution is -2.37. The summed E-state index contributed by atoms with van der Waals surface area (Å²) in [6.07, 6.45) is -0.121. The summed E-state index contributed by atoms with van der Waals surface area (Å²) in [5.41, 5.74) is 1.04. The van der Waals surface area contributed by atoms with Gasteiger partial charge in [0, 0.05) is 13.1 Å². The number of carbonyl (C=O) groups is 2. The fraction of sp³-hybridized carbons (Fsp3) is 0.467. The van der Waals surface area contributed by atoms with Gasteiger partial charge in [0.05, 0.1) is 33.5 Å². The Balaban J connectivity index is 2.19. The standard InChI is InChI=1S/C15H20N2O4/c1-20-13(18)10-16-8-9-17(11-14(19)21-2)15(16)12-6-4-3-5-7-12/h3-7,15H,8-11H2,1-2H3. The highest BCUT2D eigenvalue weighted by atomic mass is 16.5. The topological polar surface area (TPSA) is 59.1 Å². The summed E-state index contributed by atoms with van der Waals surface area (Å²) < 4.78 is 9.49. The summed E-state index contributed by atoms with van der Waals surface area (Å²) in [5.74, 6) is -0.563. The summed E-state index contributed by atoms with van der Waals surface area (Å²) in [6, 6.07) is 9.81. The SMILES string of the molecule is COC(=O)CN1CCN(CC(=O)OC)C1c1ccccc1. The molecule has 1 aromatic rings. The van der Waals surface area contributed by atoms with Crippen LogP contribution >= 0.6 is 0 Å². The van der Waals surface area contributed by atoms with Crippen LogP contribution in [0.1, 0.15) is 11.7 Å². The fourth-order valence-electron chi connectivity index (χ4n) is 2.57. The van der Waals surface area contributed by atoms with Crippen LogP contribution in [0.4, 0.5) is 0 Å². The first-order chi connectivity index (χ1) is 10.2. The van der Waals surface area contributed by atoms with Crippen LogP contribution in [-0.4, -0.2) is 62.1 Å². The van der Waals surface area contributed by atoms with Gasteiger partial charge in [-0.2, -0.15) is 0 Å². The van der Waals surface area contributed by atoms with E-state index in [1.165, 1.54) is 14.2 Å². The van der Waals surface area contributed by atoms with E-state index in [1.807, 2.05) is 40.1 Å². The molecule has 6 nitrogen and oxygen atoms in total. The molecule has 1 fully saturated rings.